The number of hydrogen-bond acceptors (Lipinski definition) is 2. The zero-order valence-corrected chi connectivity index (χ0v) is 14.0. The first-order valence-electron chi connectivity index (χ1n) is 8.71. The minimum atomic E-state index is -0.167. The van der Waals surface area contributed by atoms with E-state index in [2.05, 4.69) is 41.0 Å². The molecule has 2 aromatic carbocycles. The van der Waals surface area contributed by atoms with Crippen LogP contribution < -0.4 is 5.32 Å². The monoisotopic (exact) mass is 324 g/mol. The van der Waals surface area contributed by atoms with E-state index in [0.717, 1.165) is 38.4 Å². The number of halogens is 1. The van der Waals surface area contributed by atoms with Crippen LogP contribution >= 0.6 is 0 Å². The van der Waals surface area contributed by atoms with Gasteiger partial charge in [0.05, 0.1) is 5.69 Å². The van der Waals surface area contributed by atoms with E-state index in [1.54, 1.807) is 12.1 Å². The lowest BCUT2D eigenvalue weighted by Gasteiger charge is -2.38. The number of piperazine rings is 1. The summed E-state index contributed by atoms with van der Waals surface area (Å²) in [6.07, 6.45) is 0.273. The van der Waals surface area contributed by atoms with Crippen LogP contribution in [0.3, 0.4) is 0 Å². The van der Waals surface area contributed by atoms with Crippen LogP contribution in [0.4, 0.5) is 10.1 Å². The van der Waals surface area contributed by atoms with Crippen LogP contribution in [-0.4, -0.2) is 42.1 Å². The molecule has 3 nitrogen and oxygen atoms in total. The van der Waals surface area contributed by atoms with E-state index in [4.69, 9.17) is 5.32 Å². The predicted molar refractivity (Wildman–Crippen MR) is 93.7 cm³/mol. The normalized spacial score (nSPS) is 24.6. The molecule has 0 amide bonds. The van der Waals surface area contributed by atoms with Crippen LogP contribution in [0.15, 0.2) is 48.5 Å². The summed E-state index contributed by atoms with van der Waals surface area (Å²) in [4.78, 5) is 4.95. The quantitative estimate of drug-likeness (QED) is 0.863. The van der Waals surface area contributed by atoms with Crippen molar-refractivity contribution < 1.29 is 4.39 Å². The van der Waals surface area contributed by atoms with E-state index >= 15 is 0 Å². The maximum atomic E-state index is 13.0. The van der Waals surface area contributed by atoms with Crippen LogP contribution in [0.5, 0.6) is 0 Å². The Morgan fingerprint density at radius 3 is 2.42 bits per heavy atom. The van der Waals surface area contributed by atoms with Gasteiger partial charge in [-0.25, -0.2) is 4.39 Å². The fourth-order valence-electron chi connectivity index (χ4n) is 3.84. The SMILES string of the molecule is CC1c2ccccc2[N]C1N1CCN(Cc2ccc(F)cc2)CC1. The molecule has 2 aliphatic heterocycles. The average molecular weight is 324 g/mol. The van der Waals surface area contributed by atoms with Gasteiger partial charge < -0.3 is 0 Å². The molecule has 24 heavy (non-hydrogen) atoms. The summed E-state index contributed by atoms with van der Waals surface area (Å²) in [6, 6.07) is 15.3. The molecule has 0 aromatic heterocycles. The Kier molecular flexibility index (Phi) is 4.25. The second-order valence-electron chi connectivity index (χ2n) is 6.83. The van der Waals surface area contributed by atoms with Crippen molar-refractivity contribution in [2.75, 3.05) is 26.2 Å². The maximum Gasteiger partial charge on any atom is 0.123 e. The molecule has 2 aliphatic rings. The molecule has 2 aromatic rings. The molecule has 1 fully saturated rings. The lowest BCUT2D eigenvalue weighted by molar-refractivity contribution is 0.0781. The second-order valence-corrected chi connectivity index (χ2v) is 6.83. The molecule has 125 valence electrons. The summed E-state index contributed by atoms with van der Waals surface area (Å²) >= 11 is 0. The van der Waals surface area contributed by atoms with Crippen molar-refractivity contribution in [2.24, 2.45) is 0 Å². The molecule has 1 radical (unpaired) electrons. The highest BCUT2D eigenvalue weighted by atomic mass is 19.1. The Hall–Kier alpha value is -1.91. The standard InChI is InChI=1S/C20H23FN3/c1-15-18-4-2-3-5-19(18)22-20(15)24-12-10-23(11-13-24)14-16-6-8-17(21)9-7-16/h2-9,15,20H,10-14H2,1H3. The molecule has 0 saturated carbocycles. The van der Waals surface area contributed by atoms with Crippen molar-refractivity contribution in [3.05, 3.63) is 65.5 Å². The molecule has 2 unspecified atom stereocenters. The van der Waals surface area contributed by atoms with E-state index < -0.39 is 0 Å². The van der Waals surface area contributed by atoms with E-state index in [1.807, 2.05) is 12.1 Å². The highest BCUT2D eigenvalue weighted by molar-refractivity contribution is 5.51. The predicted octanol–water partition coefficient (Wildman–Crippen LogP) is 3.32. The molecule has 1 saturated heterocycles. The van der Waals surface area contributed by atoms with Gasteiger partial charge in [-0.05, 0) is 29.3 Å². The van der Waals surface area contributed by atoms with Crippen molar-refractivity contribution in [3.8, 4) is 0 Å². The van der Waals surface area contributed by atoms with Gasteiger partial charge in [0.25, 0.3) is 0 Å². The van der Waals surface area contributed by atoms with Gasteiger partial charge in [-0.1, -0.05) is 37.3 Å². The van der Waals surface area contributed by atoms with Crippen molar-refractivity contribution in [1.29, 1.82) is 0 Å². The summed E-state index contributed by atoms with van der Waals surface area (Å²) < 4.78 is 13.0. The molecule has 4 heteroatoms. The number of hydrogen-bond donors (Lipinski definition) is 0. The topological polar surface area (TPSA) is 20.6 Å². The molecule has 4 rings (SSSR count). The average Bonchev–Trinajstić information content (AvgIpc) is 2.95. The summed E-state index contributed by atoms with van der Waals surface area (Å²) in [5.74, 6) is 0.296. The molecular weight excluding hydrogens is 301 g/mol. The Morgan fingerprint density at radius 2 is 1.71 bits per heavy atom. The van der Waals surface area contributed by atoms with E-state index in [1.165, 1.54) is 11.1 Å². The largest absolute Gasteiger partial charge is 0.297 e. The van der Waals surface area contributed by atoms with Crippen molar-refractivity contribution in [3.63, 3.8) is 0 Å². The van der Waals surface area contributed by atoms with Crippen molar-refractivity contribution in [1.82, 2.24) is 15.1 Å². The maximum absolute atomic E-state index is 13.0. The number of rotatable bonds is 3. The fraction of sp³-hybridized carbons (Fsp3) is 0.400. The van der Waals surface area contributed by atoms with Crippen molar-refractivity contribution >= 4 is 5.69 Å². The van der Waals surface area contributed by atoms with Gasteiger partial charge >= 0.3 is 0 Å². The minimum Gasteiger partial charge on any atom is -0.297 e. The first-order valence-corrected chi connectivity index (χ1v) is 8.71. The van der Waals surface area contributed by atoms with E-state index in [0.29, 0.717) is 5.92 Å². The smallest absolute Gasteiger partial charge is 0.123 e. The molecule has 0 N–H and O–H groups in total. The van der Waals surface area contributed by atoms with Gasteiger partial charge in [-0.15, -0.1) is 0 Å². The zero-order valence-electron chi connectivity index (χ0n) is 14.0. The van der Waals surface area contributed by atoms with Gasteiger partial charge in [0, 0.05) is 38.6 Å². The van der Waals surface area contributed by atoms with Crippen LogP contribution in [0.1, 0.15) is 24.0 Å². The zero-order chi connectivity index (χ0) is 16.5. The Bertz CT molecular complexity index is 692. The lowest BCUT2D eigenvalue weighted by Crippen LogP contribution is -2.52. The Labute approximate surface area is 143 Å². The van der Waals surface area contributed by atoms with Crippen LogP contribution in [0, 0.1) is 5.82 Å². The highest BCUT2D eigenvalue weighted by Gasteiger charge is 2.35. The molecular formula is C20H23FN3. The third-order valence-corrected chi connectivity index (χ3v) is 5.25. The molecule has 0 bridgehead atoms. The highest BCUT2D eigenvalue weighted by Crippen LogP contribution is 2.37. The Morgan fingerprint density at radius 1 is 1.00 bits per heavy atom. The van der Waals surface area contributed by atoms with E-state index in [9.17, 15) is 4.39 Å². The molecule has 0 spiro atoms. The number of fused-ring (bicyclic) bond motifs is 1. The van der Waals surface area contributed by atoms with Crippen LogP contribution in [-0.2, 0) is 6.54 Å². The third kappa shape index (κ3) is 3.04. The molecule has 2 atom stereocenters. The van der Waals surface area contributed by atoms with Crippen LogP contribution in [0.2, 0.25) is 0 Å². The summed E-state index contributed by atoms with van der Waals surface area (Å²) in [6.45, 7) is 7.32. The van der Waals surface area contributed by atoms with Gasteiger partial charge in [0.15, 0.2) is 0 Å². The van der Waals surface area contributed by atoms with Gasteiger partial charge in [-0.3, -0.25) is 15.1 Å². The number of nitrogens with zero attached hydrogens (tertiary/aromatic N) is 3. The first-order chi connectivity index (χ1) is 11.7. The number of para-hydroxylation sites is 1. The van der Waals surface area contributed by atoms with Gasteiger partial charge in [0.1, 0.15) is 12.0 Å². The van der Waals surface area contributed by atoms with Gasteiger partial charge in [-0.2, -0.15) is 0 Å². The fourth-order valence-corrected chi connectivity index (χ4v) is 3.84. The van der Waals surface area contributed by atoms with Gasteiger partial charge in [0.2, 0.25) is 0 Å². The molecule has 0 aliphatic carbocycles. The summed E-state index contributed by atoms with van der Waals surface area (Å²) in [5, 5.41) is 4.94. The second kappa shape index (κ2) is 6.54. The Balaban J connectivity index is 1.34. The number of benzene rings is 2. The van der Waals surface area contributed by atoms with Crippen molar-refractivity contribution in [2.45, 2.75) is 25.6 Å². The minimum absolute atomic E-state index is 0.167. The summed E-state index contributed by atoms with van der Waals surface area (Å²) in [5.41, 5.74) is 3.70. The molecule has 2 heterocycles. The lowest BCUT2D eigenvalue weighted by atomic mass is 10.0. The first kappa shape index (κ1) is 15.6. The summed E-state index contributed by atoms with van der Waals surface area (Å²) in [7, 11) is 0. The van der Waals surface area contributed by atoms with E-state index in [-0.39, 0.29) is 12.0 Å². The van der Waals surface area contributed by atoms with Crippen LogP contribution in [0.25, 0.3) is 0 Å². The third-order valence-electron chi connectivity index (χ3n) is 5.25.